The van der Waals surface area contributed by atoms with Crippen molar-refractivity contribution in [2.75, 3.05) is 6.61 Å². The molecule has 2 heteroatoms. The molecule has 2 nitrogen and oxygen atoms in total. The number of unbranched alkanes of at least 4 members (excludes halogenated alkanes) is 10. The summed E-state index contributed by atoms with van der Waals surface area (Å²) in [6, 6.07) is 0. The average Bonchev–Trinajstić information content (AvgIpc) is 2.64. The first-order chi connectivity index (χ1) is 13.1. The molecule has 0 bridgehead atoms. The van der Waals surface area contributed by atoms with E-state index in [1.807, 2.05) is 0 Å². The fourth-order valence-electron chi connectivity index (χ4n) is 3.74. The molecule has 0 spiro atoms. The van der Waals surface area contributed by atoms with E-state index in [2.05, 4.69) is 27.7 Å². The van der Waals surface area contributed by atoms with Crippen molar-refractivity contribution >= 4 is 5.97 Å². The summed E-state index contributed by atoms with van der Waals surface area (Å²) in [5.41, 5.74) is 0. The maximum absolute atomic E-state index is 11.9. The Morgan fingerprint density at radius 2 is 1.22 bits per heavy atom. The molecule has 0 heterocycles. The molecule has 1 atom stereocenters. The second kappa shape index (κ2) is 20.2. The molecule has 0 aliphatic rings. The van der Waals surface area contributed by atoms with E-state index in [1.54, 1.807) is 0 Å². The van der Waals surface area contributed by atoms with Crippen LogP contribution in [0.5, 0.6) is 0 Å². The number of carbonyl (C=O) groups excluding carboxylic acids is 1. The van der Waals surface area contributed by atoms with Crippen molar-refractivity contribution in [2.45, 2.75) is 137 Å². The highest BCUT2D eigenvalue weighted by Gasteiger charge is 2.11. The zero-order valence-electron chi connectivity index (χ0n) is 19.2. The third-order valence-electron chi connectivity index (χ3n) is 5.56. The van der Waals surface area contributed by atoms with Crippen LogP contribution in [-0.4, -0.2) is 12.6 Å². The predicted molar refractivity (Wildman–Crippen MR) is 119 cm³/mol. The molecule has 0 aliphatic carbocycles. The molecule has 0 amide bonds. The molecule has 0 aliphatic heterocycles. The number of hydrogen-bond acceptors (Lipinski definition) is 2. The number of ether oxygens (including phenoxy) is 1. The lowest BCUT2D eigenvalue weighted by molar-refractivity contribution is -0.145. The van der Waals surface area contributed by atoms with Gasteiger partial charge in [-0.2, -0.15) is 0 Å². The van der Waals surface area contributed by atoms with Gasteiger partial charge in [-0.25, -0.2) is 0 Å². The topological polar surface area (TPSA) is 26.3 Å². The van der Waals surface area contributed by atoms with Crippen molar-refractivity contribution in [2.24, 2.45) is 11.8 Å². The summed E-state index contributed by atoms with van der Waals surface area (Å²) in [7, 11) is 0. The lowest BCUT2D eigenvalue weighted by Crippen LogP contribution is -2.14. The van der Waals surface area contributed by atoms with Gasteiger partial charge < -0.3 is 4.74 Å². The lowest BCUT2D eigenvalue weighted by atomic mass is 9.97. The third kappa shape index (κ3) is 20.0. The number of esters is 1. The summed E-state index contributed by atoms with van der Waals surface area (Å²) in [6.07, 6.45) is 21.2. The van der Waals surface area contributed by atoms with Crippen LogP contribution in [0.2, 0.25) is 0 Å². The molecule has 0 radical (unpaired) electrons. The quantitative estimate of drug-likeness (QED) is 0.156. The third-order valence-corrected chi connectivity index (χ3v) is 5.56. The second-order valence-corrected chi connectivity index (χ2v) is 8.95. The molecule has 0 N–H and O–H groups in total. The van der Waals surface area contributed by atoms with Crippen molar-refractivity contribution < 1.29 is 9.53 Å². The highest BCUT2D eigenvalue weighted by atomic mass is 16.5. The summed E-state index contributed by atoms with van der Waals surface area (Å²) in [5, 5.41) is 0. The Bertz CT molecular complexity index is 311. The van der Waals surface area contributed by atoms with E-state index in [0.29, 0.717) is 18.9 Å². The molecule has 0 aromatic rings. The minimum absolute atomic E-state index is 0.0248. The summed E-state index contributed by atoms with van der Waals surface area (Å²) in [5.74, 6) is 1.46. The monoisotopic (exact) mass is 382 g/mol. The Balaban J connectivity index is 3.46. The molecule has 27 heavy (non-hydrogen) atoms. The van der Waals surface area contributed by atoms with E-state index in [-0.39, 0.29) is 5.97 Å². The van der Waals surface area contributed by atoms with Crippen LogP contribution < -0.4 is 0 Å². The minimum atomic E-state index is 0.0248. The lowest BCUT2D eigenvalue weighted by Gasteiger charge is -2.16. The zero-order chi connectivity index (χ0) is 20.2. The van der Waals surface area contributed by atoms with Crippen molar-refractivity contribution in [1.82, 2.24) is 0 Å². The number of carbonyl (C=O) groups is 1. The van der Waals surface area contributed by atoms with Crippen LogP contribution in [0.3, 0.4) is 0 Å². The SMILES string of the molecule is CCCCCC(CCC)COC(=O)CCCCCCCCCCCC(C)C. The van der Waals surface area contributed by atoms with Gasteiger partial charge in [-0.1, -0.05) is 111 Å². The molecule has 0 rings (SSSR count). The summed E-state index contributed by atoms with van der Waals surface area (Å²) < 4.78 is 5.55. The largest absolute Gasteiger partial charge is 0.465 e. The maximum Gasteiger partial charge on any atom is 0.305 e. The van der Waals surface area contributed by atoms with Crippen LogP contribution in [0.4, 0.5) is 0 Å². The van der Waals surface area contributed by atoms with E-state index >= 15 is 0 Å². The van der Waals surface area contributed by atoms with E-state index in [4.69, 9.17) is 4.74 Å². The van der Waals surface area contributed by atoms with Crippen LogP contribution in [0, 0.1) is 11.8 Å². The number of rotatable bonds is 20. The molecule has 0 saturated carbocycles. The first-order valence-electron chi connectivity index (χ1n) is 12.3. The van der Waals surface area contributed by atoms with E-state index in [0.717, 1.165) is 12.3 Å². The molecular weight excluding hydrogens is 332 g/mol. The Kier molecular flexibility index (Phi) is 19.8. The molecule has 0 aromatic carbocycles. The Morgan fingerprint density at radius 3 is 1.78 bits per heavy atom. The molecule has 1 unspecified atom stereocenters. The van der Waals surface area contributed by atoms with Gasteiger partial charge in [-0.15, -0.1) is 0 Å². The van der Waals surface area contributed by atoms with Crippen LogP contribution in [0.15, 0.2) is 0 Å². The Labute approximate surface area is 171 Å². The van der Waals surface area contributed by atoms with Gasteiger partial charge in [-0.05, 0) is 31.1 Å². The summed E-state index contributed by atoms with van der Waals surface area (Å²) in [4.78, 5) is 11.9. The van der Waals surface area contributed by atoms with E-state index in [9.17, 15) is 4.79 Å². The Hall–Kier alpha value is -0.530. The van der Waals surface area contributed by atoms with E-state index < -0.39 is 0 Å². The van der Waals surface area contributed by atoms with Crippen LogP contribution in [0.1, 0.15) is 137 Å². The van der Waals surface area contributed by atoms with Crippen molar-refractivity contribution in [3.05, 3.63) is 0 Å². The first-order valence-corrected chi connectivity index (χ1v) is 12.3. The van der Waals surface area contributed by atoms with Crippen LogP contribution >= 0.6 is 0 Å². The first kappa shape index (κ1) is 26.5. The normalized spacial score (nSPS) is 12.5. The average molecular weight is 383 g/mol. The van der Waals surface area contributed by atoms with E-state index in [1.165, 1.54) is 96.3 Å². The summed E-state index contributed by atoms with van der Waals surface area (Å²) >= 11 is 0. The van der Waals surface area contributed by atoms with Crippen molar-refractivity contribution in [3.8, 4) is 0 Å². The molecule has 0 saturated heterocycles. The van der Waals surface area contributed by atoms with Gasteiger partial charge in [0.25, 0.3) is 0 Å². The molecule has 0 fully saturated rings. The van der Waals surface area contributed by atoms with Crippen molar-refractivity contribution in [1.29, 1.82) is 0 Å². The smallest absolute Gasteiger partial charge is 0.305 e. The standard InChI is InChI=1S/C25H50O2/c1-5-7-15-20-24(18-6-2)22-27-25(26)21-17-14-12-10-8-9-11-13-16-19-23(3)4/h23-24H,5-22H2,1-4H3. The number of hydrogen-bond donors (Lipinski definition) is 0. The maximum atomic E-state index is 11.9. The van der Waals surface area contributed by atoms with Gasteiger partial charge in [0.15, 0.2) is 0 Å². The van der Waals surface area contributed by atoms with Gasteiger partial charge in [0.05, 0.1) is 6.61 Å². The van der Waals surface area contributed by atoms with Gasteiger partial charge >= 0.3 is 5.97 Å². The highest BCUT2D eigenvalue weighted by Crippen LogP contribution is 2.17. The van der Waals surface area contributed by atoms with Crippen molar-refractivity contribution in [3.63, 3.8) is 0 Å². The molecule has 0 aromatic heterocycles. The zero-order valence-corrected chi connectivity index (χ0v) is 19.2. The fraction of sp³-hybridized carbons (Fsp3) is 0.960. The second-order valence-electron chi connectivity index (χ2n) is 8.95. The van der Waals surface area contributed by atoms with Gasteiger partial charge in [0, 0.05) is 6.42 Å². The van der Waals surface area contributed by atoms with Gasteiger partial charge in [0.1, 0.15) is 0 Å². The predicted octanol–water partition coefficient (Wildman–Crippen LogP) is 8.47. The Morgan fingerprint density at radius 1 is 0.667 bits per heavy atom. The van der Waals surface area contributed by atoms with Gasteiger partial charge in [-0.3, -0.25) is 4.79 Å². The van der Waals surface area contributed by atoms with Gasteiger partial charge in [0.2, 0.25) is 0 Å². The highest BCUT2D eigenvalue weighted by molar-refractivity contribution is 5.69. The summed E-state index contributed by atoms with van der Waals surface area (Å²) in [6.45, 7) is 9.73. The molecule has 162 valence electrons. The minimum Gasteiger partial charge on any atom is -0.465 e. The van der Waals surface area contributed by atoms with Crippen LogP contribution in [-0.2, 0) is 9.53 Å². The molecular formula is C25H50O2. The van der Waals surface area contributed by atoms with Crippen LogP contribution in [0.25, 0.3) is 0 Å². The fourth-order valence-corrected chi connectivity index (χ4v) is 3.74.